The van der Waals surface area contributed by atoms with Crippen LogP contribution in [-0.4, -0.2) is 10.8 Å². The molecular formula is C14H13N3O3. The van der Waals surface area contributed by atoms with Gasteiger partial charge in [-0.1, -0.05) is 18.2 Å². The molecule has 0 saturated heterocycles. The Morgan fingerprint density at radius 3 is 2.65 bits per heavy atom. The van der Waals surface area contributed by atoms with Gasteiger partial charge in [-0.2, -0.15) is 0 Å². The summed E-state index contributed by atoms with van der Waals surface area (Å²) in [6.07, 6.45) is 0. The van der Waals surface area contributed by atoms with Gasteiger partial charge in [-0.3, -0.25) is 14.9 Å². The highest BCUT2D eigenvalue weighted by Crippen LogP contribution is 2.15. The zero-order valence-corrected chi connectivity index (χ0v) is 10.6. The molecule has 3 N–H and O–H groups in total. The lowest BCUT2D eigenvalue weighted by molar-refractivity contribution is -0.384. The first kappa shape index (κ1) is 13.5. The van der Waals surface area contributed by atoms with Gasteiger partial charge in [0.05, 0.1) is 4.92 Å². The number of carbonyl (C=O) groups is 1. The normalized spacial score (nSPS) is 10.0. The van der Waals surface area contributed by atoms with Crippen LogP contribution < -0.4 is 11.1 Å². The highest BCUT2D eigenvalue weighted by atomic mass is 16.6. The molecule has 2 rings (SSSR count). The maximum absolute atomic E-state index is 11.1. The van der Waals surface area contributed by atoms with Gasteiger partial charge >= 0.3 is 0 Å². The maximum atomic E-state index is 11.1. The molecule has 0 aliphatic rings. The van der Waals surface area contributed by atoms with Crippen molar-refractivity contribution in [2.75, 3.05) is 5.32 Å². The largest absolute Gasteiger partial charge is 0.381 e. The molecule has 0 spiro atoms. The molecular weight excluding hydrogens is 258 g/mol. The number of non-ortho nitro benzene ring substituents is 1. The average molecular weight is 271 g/mol. The van der Waals surface area contributed by atoms with Crippen molar-refractivity contribution in [3.63, 3.8) is 0 Å². The standard InChI is InChI=1S/C14H13N3O3/c15-14(18)11-4-2-5-12(8-11)16-9-10-3-1-6-13(7-10)17(19)20/h1-8,16H,9H2,(H2,15,18). The number of primary amides is 1. The van der Waals surface area contributed by atoms with Gasteiger partial charge in [0.1, 0.15) is 0 Å². The van der Waals surface area contributed by atoms with Crippen molar-refractivity contribution < 1.29 is 9.72 Å². The van der Waals surface area contributed by atoms with E-state index in [2.05, 4.69) is 5.32 Å². The number of nitro benzene ring substituents is 1. The molecule has 0 saturated carbocycles. The number of amides is 1. The van der Waals surface area contributed by atoms with Gasteiger partial charge in [0.25, 0.3) is 5.69 Å². The summed E-state index contributed by atoms with van der Waals surface area (Å²) in [5, 5.41) is 13.8. The van der Waals surface area contributed by atoms with Crippen LogP contribution >= 0.6 is 0 Å². The van der Waals surface area contributed by atoms with E-state index in [4.69, 9.17) is 5.73 Å². The summed E-state index contributed by atoms with van der Waals surface area (Å²) in [6.45, 7) is 0.421. The first-order valence-corrected chi connectivity index (χ1v) is 5.93. The van der Waals surface area contributed by atoms with Gasteiger partial charge < -0.3 is 11.1 Å². The number of nitrogens with zero attached hydrogens (tertiary/aromatic N) is 1. The number of benzene rings is 2. The Balaban J connectivity index is 2.08. The van der Waals surface area contributed by atoms with E-state index in [0.717, 1.165) is 11.3 Å². The Morgan fingerprint density at radius 1 is 1.20 bits per heavy atom. The number of nitrogens with one attached hydrogen (secondary N) is 1. The predicted molar refractivity (Wildman–Crippen MR) is 75.4 cm³/mol. The van der Waals surface area contributed by atoms with Crippen LogP contribution in [0.3, 0.4) is 0 Å². The van der Waals surface area contributed by atoms with E-state index < -0.39 is 10.8 Å². The number of carbonyl (C=O) groups excluding carboxylic acids is 1. The molecule has 102 valence electrons. The number of hydrogen-bond donors (Lipinski definition) is 2. The second-order valence-corrected chi connectivity index (χ2v) is 4.23. The Bertz CT molecular complexity index is 598. The Labute approximate surface area is 115 Å². The zero-order chi connectivity index (χ0) is 14.5. The third kappa shape index (κ3) is 3.32. The predicted octanol–water partition coefficient (Wildman–Crippen LogP) is 2.31. The lowest BCUT2D eigenvalue weighted by Gasteiger charge is -2.07. The van der Waals surface area contributed by atoms with Crippen molar-refractivity contribution in [1.29, 1.82) is 0 Å². The molecule has 1 amide bonds. The van der Waals surface area contributed by atoms with Gasteiger partial charge in [-0.05, 0) is 23.8 Å². The van der Waals surface area contributed by atoms with Crippen LogP contribution in [0.2, 0.25) is 0 Å². The van der Waals surface area contributed by atoms with E-state index in [1.54, 1.807) is 36.4 Å². The van der Waals surface area contributed by atoms with E-state index in [9.17, 15) is 14.9 Å². The fourth-order valence-corrected chi connectivity index (χ4v) is 1.77. The van der Waals surface area contributed by atoms with Crippen LogP contribution in [0.25, 0.3) is 0 Å². The van der Waals surface area contributed by atoms with Gasteiger partial charge in [0, 0.05) is 29.9 Å². The summed E-state index contributed by atoms with van der Waals surface area (Å²) in [5.74, 6) is -0.496. The summed E-state index contributed by atoms with van der Waals surface area (Å²) in [4.78, 5) is 21.3. The number of nitro groups is 1. The molecule has 0 unspecified atom stereocenters. The second-order valence-electron chi connectivity index (χ2n) is 4.23. The quantitative estimate of drug-likeness (QED) is 0.644. The van der Waals surface area contributed by atoms with Gasteiger partial charge in [0.15, 0.2) is 0 Å². The first-order chi connectivity index (χ1) is 9.56. The summed E-state index contributed by atoms with van der Waals surface area (Å²) >= 11 is 0. The van der Waals surface area contributed by atoms with E-state index in [0.29, 0.717) is 12.1 Å². The van der Waals surface area contributed by atoms with Crippen molar-refractivity contribution in [2.24, 2.45) is 5.73 Å². The monoisotopic (exact) mass is 271 g/mol. The topological polar surface area (TPSA) is 98.3 Å². The number of anilines is 1. The van der Waals surface area contributed by atoms with Crippen LogP contribution in [-0.2, 0) is 6.54 Å². The second kappa shape index (κ2) is 5.83. The first-order valence-electron chi connectivity index (χ1n) is 5.93. The molecule has 0 radical (unpaired) electrons. The summed E-state index contributed by atoms with van der Waals surface area (Å²) < 4.78 is 0. The molecule has 0 fully saturated rings. The smallest absolute Gasteiger partial charge is 0.269 e. The molecule has 2 aromatic rings. The average Bonchev–Trinajstić information content (AvgIpc) is 2.45. The van der Waals surface area contributed by atoms with Crippen molar-refractivity contribution >= 4 is 17.3 Å². The molecule has 0 aliphatic heterocycles. The molecule has 20 heavy (non-hydrogen) atoms. The highest BCUT2D eigenvalue weighted by molar-refractivity contribution is 5.93. The Kier molecular flexibility index (Phi) is 3.95. The van der Waals surface area contributed by atoms with Crippen molar-refractivity contribution in [3.8, 4) is 0 Å². The fourth-order valence-electron chi connectivity index (χ4n) is 1.77. The van der Waals surface area contributed by atoms with Crippen LogP contribution in [0, 0.1) is 10.1 Å². The number of hydrogen-bond acceptors (Lipinski definition) is 4. The minimum atomic E-state index is -0.496. The van der Waals surface area contributed by atoms with Crippen LogP contribution in [0.1, 0.15) is 15.9 Å². The molecule has 0 bridgehead atoms. The number of nitrogens with two attached hydrogens (primary N) is 1. The fraction of sp³-hybridized carbons (Fsp3) is 0.0714. The van der Waals surface area contributed by atoms with Crippen LogP contribution in [0.4, 0.5) is 11.4 Å². The number of rotatable bonds is 5. The maximum Gasteiger partial charge on any atom is 0.269 e. The van der Waals surface area contributed by atoms with Crippen LogP contribution in [0.5, 0.6) is 0 Å². The van der Waals surface area contributed by atoms with Crippen molar-refractivity contribution in [2.45, 2.75) is 6.54 Å². The SMILES string of the molecule is NC(=O)c1cccc(NCc2cccc([N+](=O)[O-])c2)c1. The minimum absolute atomic E-state index is 0.0511. The zero-order valence-electron chi connectivity index (χ0n) is 10.6. The lowest BCUT2D eigenvalue weighted by atomic mass is 10.1. The van der Waals surface area contributed by atoms with E-state index in [1.165, 1.54) is 12.1 Å². The highest BCUT2D eigenvalue weighted by Gasteiger charge is 2.06. The van der Waals surface area contributed by atoms with Crippen molar-refractivity contribution in [3.05, 3.63) is 69.8 Å². The minimum Gasteiger partial charge on any atom is -0.381 e. The summed E-state index contributed by atoms with van der Waals surface area (Å²) in [7, 11) is 0. The summed E-state index contributed by atoms with van der Waals surface area (Å²) in [5.41, 5.74) is 7.17. The third-order valence-electron chi connectivity index (χ3n) is 2.77. The van der Waals surface area contributed by atoms with E-state index in [1.807, 2.05) is 0 Å². The molecule has 0 heterocycles. The molecule has 2 aromatic carbocycles. The van der Waals surface area contributed by atoms with Gasteiger partial charge in [0.2, 0.25) is 5.91 Å². The van der Waals surface area contributed by atoms with Gasteiger partial charge in [-0.15, -0.1) is 0 Å². The van der Waals surface area contributed by atoms with Crippen LogP contribution in [0.15, 0.2) is 48.5 Å². The molecule has 0 aliphatic carbocycles. The molecule has 6 nitrogen and oxygen atoms in total. The van der Waals surface area contributed by atoms with E-state index in [-0.39, 0.29) is 5.69 Å². The third-order valence-corrected chi connectivity index (χ3v) is 2.77. The van der Waals surface area contributed by atoms with E-state index >= 15 is 0 Å². The van der Waals surface area contributed by atoms with Gasteiger partial charge in [-0.25, -0.2) is 0 Å². The Hall–Kier alpha value is -2.89. The molecule has 6 heteroatoms. The van der Waals surface area contributed by atoms with Crippen molar-refractivity contribution in [1.82, 2.24) is 0 Å². The molecule has 0 aromatic heterocycles. The summed E-state index contributed by atoms with van der Waals surface area (Å²) in [6, 6.07) is 13.1. The Morgan fingerprint density at radius 2 is 1.95 bits per heavy atom. The molecule has 0 atom stereocenters. The lowest BCUT2D eigenvalue weighted by Crippen LogP contribution is -2.11.